The molecule has 0 aromatic carbocycles. The summed E-state index contributed by atoms with van der Waals surface area (Å²) >= 11 is 16.4. The van der Waals surface area contributed by atoms with E-state index in [1.165, 1.54) is 19.4 Å². The summed E-state index contributed by atoms with van der Waals surface area (Å²) in [4.78, 5) is 25.0. The van der Waals surface area contributed by atoms with E-state index >= 15 is 0 Å². The van der Waals surface area contributed by atoms with Gasteiger partial charge in [-0.1, -0.05) is 46.6 Å². The molecule has 0 radical (unpaired) electrons. The van der Waals surface area contributed by atoms with E-state index < -0.39 is 15.5 Å². The fourth-order valence-corrected chi connectivity index (χ4v) is 1.35. The number of methoxy groups -OCH3 is 1. The van der Waals surface area contributed by atoms with Crippen LogP contribution >= 0.6 is 34.8 Å². The fourth-order valence-electron chi connectivity index (χ4n) is 1.04. The van der Waals surface area contributed by atoms with Crippen LogP contribution in [0.25, 0.3) is 0 Å². The zero-order valence-corrected chi connectivity index (χ0v) is 11.5. The Bertz CT molecular complexity index is 520. The Morgan fingerprint density at radius 1 is 1.44 bits per heavy atom. The summed E-state index contributed by atoms with van der Waals surface area (Å²) in [5.74, 6) is 4.15. The largest absolute Gasteiger partial charge is 0.468 e. The third-order valence-corrected chi connectivity index (χ3v) is 2.39. The van der Waals surface area contributed by atoms with Crippen LogP contribution in [0.3, 0.4) is 0 Å². The number of aromatic nitrogens is 1. The first kappa shape index (κ1) is 14.9. The van der Waals surface area contributed by atoms with Crippen molar-refractivity contribution in [1.82, 2.24) is 4.98 Å². The van der Waals surface area contributed by atoms with E-state index in [9.17, 15) is 9.59 Å². The van der Waals surface area contributed by atoms with Crippen LogP contribution in [0.1, 0.15) is 22.5 Å². The Labute approximate surface area is 119 Å². The lowest BCUT2D eigenvalue weighted by molar-refractivity contribution is -0.139. The van der Waals surface area contributed by atoms with Gasteiger partial charge in [-0.05, 0) is 6.07 Å². The number of Topliss-reactive ketones (excluding diaryl/α,β-unsaturated/α-hetero) is 1. The minimum atomic E-state index is -2.01. The van der Waals surface area contributed by atoms with Gasteiger partial charge >= 0.3 is 5.97 Å². The summed E-state index contributed by atoms with van der Waals surface area (Å²) in [6.45, 7) is 0. The molecule has 0 amide bonds. The summed E-state index contributed by atoms with van der Waals surface area (Å²) in [5.41, 5.74) is 0.647. The average molecular weight is 309 g/mol. The van der Waals surface area contributed by atoms with Crippen molar-refractivity contribution in [2.24, 2.45) is 0 Å². The van der Waals surface area contributed by atoms with Crippen LogP contribution in [-0.4, -0.2) is 27.6 Å². The van der Waals surface area contributed by atoms with E-state index in [0.29, 0.717) is 5.56 Å². The predicted octanol–water partition coefficient (Wildman–Crippen LogP) is 2.48. The highest BCUT2D eigenvalue weighted by molar-refractivity contribution is 6.77. The van der Waals surface area contributed by atoms with Crippen LogP contribution in [0, 0.1) is 11.8 Å². The molecule has 0 atom stereocenters. The number of ether oxygens (including phenoxy) is 1. The first-order chi connectivity index (χ1) is 8.34. The third-order valence-electron chi connectivity index (χ3n) is 1.88. The van der Waals surface area contributed by atoms with Gasteiger partial charge in [0, 0.05) is 11.8 Å². The minimum absolute atomic E-state index is 0.0323. The topological polar surface area (TPSA) is 59.2 Å². The Morgan fingerprint density at radius 2 is 2.11 bits per heavy atom. The normalized spacial score (nSPS) is 10.4. The van der Waals surface area contributed by atoms with Crippen molar-refractivity contribution in [1.29, 1.82) is 0 Å². The molecule has 18 heavy (non-hydrogen) atoms. The molecule has 1 heterocycles. The van der Waals surface area contributed by atoms with Gasteiger partial charge in [0.1, 0.15) is 6.42 Å². The predicted molar refractivity (Wildman–Crippen MR) is 68.9 cm³/mol. The standard InChI is InChI=1S/C11H8Cl3NO3/c1-18-9(16)4-2-3-7-5-8(15-6-7)10(17)11(12,13)14/h5-6,15H,4H2,1H3. The number of carbonyl (C=O) groups is 2. The highest BCUT2D eigenvalue weighted by atomic mass is 35.6. The van der Waals surface area contributed by atoms with Gasteiger partial charge in [-0.25, -0.2) is 0 Å². The van der Waals surface area contributed by atoms with E-state index in [2.05, 4.69) is 21.6 Å². The smallest absolute Gasteiger partial charge is 0.317 e. The molecule has 0 saturated heterocycles. The van der Waals surface area contributed by atoms with Gasteiger partial charge in [-0.2, -0.15) is 0 Å². The van der Waals surface area contributed by atoms with Crippen molar-refractivity contribution in [2.45, 2.75) is 10.2 Å². The maximum atomic E-state index is 11.6. The fraction of sp³-hybridized carbons (Fsp3) is 0.273. The Kier molecular flexibility index (Phi) is 5.09. The van der Waals surface area contributed by atoms with E-state index in [1.807, 2.05) is 0 Å². The maximum Gasteiger partial charge on any atom is 0.317 e. The number of halogens is 3. The number of hydrogen-bond acceptors (Lipinski definition) is 3. The van der Waals surface area contributed by atoms with Gasteiger partial charge in [-0.15, -0.1) is 0 Å². The summed E-state index contributed by atoms with van der Waals surface area (Å²) in [6.07, 6.45) is 1.45. The van der Waals surface area contributed by atoms with E-state index in [4.69, 9.17) is 34.8 Å². The second-order valence-electron chi connectivity index (χ2n) is 3.18. The molecule has 1 aromatic heterocycles. The quantitative estimate of drug-likeness (QED) is 0.395. The SMILES string of the molecule is COC(=O)CC#Cc1c[nH]c(C(=O)C(Cl)(Cl)Cl)c1. The molecule has 1 aromatic rings. The van der Waals surface area contributed by atoms with Crippen LogP contribution in [0.5, 0.6) is 0 Å². The molecule has 0 fully saturated rings. The maximum absolute atomic E-state index is 11.6. The van der Waals surface area contributed by atoms with Crippen molar-refractivity contribution in [2.75, 3.05) is 7.11 Å². The zero-order chi connectivity index (χ0) is 13.8. The molecule has 0 unspecified atom stereocenters. The second-order valence-corrected chi connectivity index (χ2v) is 5.46. The van der Waals surface area contributed by atoms with Crippen LogP contribution in [0.4, 0.5) is 0 Å². The number of alkyl halides is 3. The molecule has 0 spiro atoms. The number of aromatic amines is 1. The molecule has 0 bridgehead atoms. The highest BCUT2D eigenvalue weighted by Gasteiger charge is 2.32. The van der Waals surface area contributed by atoms with Gasteiger partial charge in [0.05, 0.1) is 12.8 Å². The molecule has 96 valence electrons. The van der Waals surface area contributed by atoms with E-state index in [-0.39, 0.29) is 12.1 Å². The Morgan fingerprint density at radius 3 is 2.67 bits per heavy atom. The minimum Gasteiger partial charge on any atom is -0.468 e. The van der Waals surface area contributed by atoms with Crippen molar-refractivity contribution in [3.8, 4) is 11.8 Å². The number of rotatable bonds is 2. The molecule has 0 saturated carbocycles. The molecule has 0 aliphatic rings. The highest BCUT2D eigenvalue weighted by Crippen LogP contribution is 2.30. The molecular weight excluding hydrogens is 300 g/mol. The second kappa shape index (κ2) is 6.14. The van der Waals surface area contributed by atoms with Gasteiger partial charge in [-0.3, -0.25) is 9.59 Å². The molecular formula is C11H8Cl3NO3. The summed E-state index contributed by atoms with van der Waals surface area (Å²) in [6, 6.07) is 1.44. The number of esters is 1. The molecule has 4 nitrogen and oxygen atoms in total. The van der Waals surface area contributed by atoms with Crippen LogP contribution in [0.15, 0.2) is 12.3 Å². The number of nitrogens with one attached hydrogen (secondary N) is 1. The van der Waals surface area contributed by atoms with E-state index in [0.717, 1.165) is 0 Å². The monoisotopic (exact) mass is 307 g/mol. The number of ketones is 1. The molecule has 0 aliphatic carbocycles. The first-order valence-electron chi connectivity index (χ1n) is 4.70. The number of hydrogen-bond donors (Lipinski definition) is 1. The lowest BCUT2D eigenvalue weighted by atomic mass is 10.2. The van der Waals surface area contributed by atoms with Crippen molar-refractivity contribution in [3.05, 3.63) is 23.5 Å². The first-order valence-corrected chi connectivity index (χ1v) is 5.83. The summed E-state index contributed by atoms with van der Waals surface area (Å²) < 4.78 is 2.41. The summed E-state index contributed by atoms with van der Waals surface area (Å²) in [7, 11) is 1.28. The van der Waals surface area contributed by atoms with Gasteiger partial charge in [0.2, 0.25) is 5.78 Å². The van der Waals surface area contributed by atoms with Gasteiger partial charge < -0.3 is 9.72 Å². The zero-order valence-electron chi connectivity index (χ0n) is 9.22. The molecule has 1 N–H and O–H groups in total. The lowest BCUT2D eigenvalue weighted by Crippen LogP contribution is -2.19. The Hall–Kier alpha value is -1.15. The lowest BCUT2D eigenvalue weighted by Gasteiger charge is -2.06. The van der Waals surface area contributed by atoms with Gasteiger partial charge in [0.15, 0.2) is 0 Å². The van der Waals surface area contributed by atoms with Crippen LogP contribution in [0.2, 0.25) is 0 Å². The summed E-state index contributed by atoms with van der Waals surface area (Å²) in [5, 5.41) is 0. The van der Waals surface area contributed by atoms with Crippen LogP contribution in [-0.2, 0) is 9.53 Å². The Balaban J connectivity index is 2.76. The van der Waals surface area contributed by atoms with Gasteiger partial charge in [0.25, 0.3) is 3.79 Å². The molecule has 0 aliphatic heterocycles. The van der Waals surface area contributed by atoms with Crippen molar-refractivity contribution in [3.63, 3.8) is 0 Å². The number of carbonyl (C=O) groups excluding carboxylic acids is 2. The average Bonchev–Trinajstić information content (AvgIpc) is 2.75. The third kappa shape index (κ3) is 4.26. The molecule has 7 heteroatoms. The van der Waals surface area contributed by atoms with Crippen LogP contribution < -0.4 is 0 Å². The van der Waals surface area contributed by atoms with Crippen molar-refractivity contribution >= 4 is 46.6 Å². The number of H-pyrrole nitrogens is 1. The van der Waals surface area contributed by atoms with Crippen molar-refractivity contribution < 1.29 is 14.3 Å². The molecule has 1 rings (SSSR count). The van der Waals surface area contributed by atoms with E-state index in [1.54, 1.807) is 0 Å².